The minimum absolute atomic E-state index is 0.0998. The summed E-state index contributed by atoms with van der Waals surface area (Å²) in [4.78, 5) is 26.8. The van der Waals surface area contributed by atoms with Gasteiger partial charge in [-0.3, -0.25) is 9.59 Å². The SMILES string of the molecule is CC(C)(Oc1ccc(C(=O)c2ccc(F)cc2)cc1)C(=O)N1CCOCC1. The Morgan fingerprint density at radius 2 is 1.48 bits per heavy atom. The summed E-state index contributed by atoms with van der Waals surface area (Å²) < 4.78 is 24.1. The Balaban J connectivity index is 1.68. The Labute approximate surface area is 157 Å². The molecule has 27 heavy (non-hydrogen) atoms. The number of carbonyl (C=O) groups is 2. The quantitative estimate of drug-likeness (QED) is 0.758. The molecule has 3 rings (SSSR count). The molecule has 0 aromatic heterocycles. The maximum absolute atomic E-state index is 13.0. The second-order valence-corrected chi connectivity index (χ2v) is 6.88. The number of hydrogen-bond acceptors (Lipinski definition) is 4. The lowest BCUT2D eigenvalue weighted by molar-refractivity contribution is -0.149. The minimum Gasteiger partial charge on any atom is -0.478 e. The van der Waals surface area contributed by atoms with Gasteiger partial charge >= 0.3 is 0 Å². The first kappa shape index (κ1) is 19.0. The van der Waals surface area contributed by atoms with Crippen LogP contribution < -0.4 is 4.74 Å². The van der Waals surface area contributed by atoms with Crippen LogP contribution in [0.1, 0.15) is 29.8 Å². The van der Waals surface area contributed by atoms with Crippen LogP contribution in [0, 0.1) is 5.82 Å². The van der Waals surface area contributed by atoms with Crippen molar-refractivity contribution in [3.63, 3.8) is 0 Å². The van der Waals surface area contributed by atoms with Gasteiger partial charge < -0.3 is 14.4 Å². The Bertz CT molecular complexity index is 809. The van der Waals surface area contributed by atoms with Crippen molar-refractivity contribution in [1.29, 1.82) is 0 Å². The third kappa shape index (κ3) is 4.52. The Kier molecular flexibility index (Phi) is 5.56. The van der Waals surface area contributed by atoms with Gasteiger partial charge in [0.25, 0.3) is 5.91 Å². The van der Waals surface area contributed by atoms with Crippen LogP contribution in [0.5, 0.6) is 5.75 Å². The molecule has 1 aliphatic heterocycles. The van der Waals surface area contributed by atoms with E-state index in [4.69, 9.17) is 9.47 Å². The van der Waals surface area contributed by atoms with Gasteiger partial charge in [0.15, 0.2) is 11.4 Å². The molecule has 0 unspecified atom stereocenters. The number of hydrogen-bond donors (Lipinski definition) is 0. The molecule has 0 bridgehead atoms. The van der Waals surface area contributed by atoms with Crippen molar-refractivity contribution >= 4 is 11.7 Å². The molecule has 0 aliphatic carbocycles. The number of carbonyl (C=O) groups excluding carboxylic acids is 2. The molecule has 1 aliphatic rings. The fourth-order valence-corrected chi connectivity index (χ4v) is 2.93. The van der Waals surface area contributed by atoms with Crippen LogP contribution in [0.4, 0.5) is 4.39 Å². The molecule has 1 heterocycles. The smallest absolute Gasteiger partial charge is 0.266 e. The van der Waals surface area contributed by atoms with Crippen LogP contribution in [0.15, 0.2) is 48.5 Å². The molecule has 2 aromatic carbocycles. The van der Waals surface area contributed by atoms with Crippen LogP contribution in [0.2, 0.25) is 0 Å². The molecule has 1 amide bonds. The molecule has 0 N–H and O–H groups in total. The summed E-state index contributed by atoms with van der Waals surface area (Å²) in [5.74, 6) is -0.192. The van der Waals surface area contributed by atoms with Crippen LogP contribution >= 0.6 is 0 Å². The predicted octanol–water partition coefficient (Wildman–Crippen LogP) is 3.07. The van der Waals surface area contributed by atoms with Gasteiger partial charge in [-0.25, -0.2) is 4.39 Å². The number of ketones is 1. The average Bonchev–Trinajstić information content (AvgIpc) is 2.68. The van der Waals surface area contributed by atoms with Crippen molar-refractivity contribution in [2.24, 2.45) is 0 Å². The maximum atomic E-state index is 13.0. The number of morpholine rings is 1. The van der Waals surface area contributed by atoms with Crippen molar-refractivity contribution in [1.82, 2.24) is 4.90 Å². The molecule has 142 valence electrons. The van der Waals surface area contributed by atoms with Gasteiger partial charge in [-0.1, -0.05) is 0 Å². The lowest BCUT2D eigenvalue weighted by Gasteiger charge is -2.34. The second kappa shape index (κ2) is 7.88. The number of halogens is 1. The van der Waals surface area contributed by atoms with Crippen LogP contribution in [-0.4, -0.2) is 48.5 Å². The molecular formula is C21H22FNO4. The van der Waals surface area contributed by atoms with Gasteiger partial charge in [0, 0.05) is 24.2 Å². The van der Waals surface area contributed by atoms with E-state index in [2.05, 4.69) is 0 Å². The summed E-state index contributed by atoms with van der Waals surface area (Å²) in [6.45, 7) is 5.61. The van der Waals surface area contributed by atoms with E-state index in [-0.39, 0.29) is 17.5 Å². The fourth-order valence-electron chi connectivity index (χ4n) is 2.93. The van der Waals surface area contributed by atoms with E-state index >= 15 is 0 Å². The van der Waals surface area contributed by atoms with Crippen molar-refractivity contribution in [2.75, 3.05) is 26.3 Å². The Hall–Kier alpha value is -2.73. The summed E-state index contributed by atoms with van der Waals surface area (Å²) in [6.07, 6.45) is 0. The third-order valence-electron chi connectivity index (χ3n) is 4.41. The van der Waals surface area contributed by atoms with E-state index < -0.39 is 5.60 Å². The highest BCUT2D eigenvalue weighted by Crippen LogP contribution is 2.22. The highest BCUT2D eigenvalue weighted by Gasteiger charge is 2.35. The van der Waals surface area contributed by atoms with Crippen molar-refractivity contribution in [3.05, 3.63) is 65.5 Å². The highest BCUT2D eigenvalue weighted by molar-refractivity contribution is 6.09. The fraction of sp³-hybridized carbons (Fsp3) is 0.333. The van der Waals surface area contributed by atoms with Crippen molar-refractivity contribution < 1.29 is 23.5 Å². The molecule has 0 spiro atoms. The van der Waals surface area contributed by atoms with Crippen LogP contribution in [0.25, 0.3) is 0 Å². The molecule has 2 aromatic rings. The molecule has 1 saturated heterocycles. The number of nitrogens with zero attached hydrogens (tertiary/aromatic N) is 1. The van der Waals surface area contributed by atoms with E-state index in [1.807, 2.05) is 0 Å². The van der Waals surface area contributed by atoms with Gasteiger partial charge in [0.2, 0.25) is 0 Å². The molecule has 0 saturated carbocycles. The van der Waals surface area contributed by atoms with Crippen LogP contribution in [-0.2, 0) is 9.53 Å². The van der Waals surface area contributed by atoms with Gasteiger partial charge in [0.1, 0.15) is 11.6 Å². The predicted molar refractivity (Wildman–Crippen MR) is 98.4 cm³/mol. The molecule has 0 atom stereocenters. The molecule has 0 radical (unpaired) electrons. The van der Waals surface area contributed by atoms with E-state index in [0.29, 0.717) is 43.2 Å². The molecule has 1 fully saturated rings. The standard InChI is InChI=1S/C21H22FNO4/c1-21(2,20(25)23-11-13-26-14-12-23)27-18-9-5-16(6-10-18)19(24)15-3-7-17(22)8-4-15/h3-10H,11-14H2,1-2H3. The zero-order chi connectivity index (χ0) is 19.4. The first-order valence-corrected chi connectivity index (χ1v) is 8.83. The highest BCUT2D eigenvalue weighted by atomic mass is 19.1. The topological polar surface area (TPSA) is 55.8 Å². The minimum atomic E-state index is -1.03. The zero-order valence-corrected chi connectivity index (χ0v) is 15.4. The first-order chi connectivity index (χ1) is 12.9. The monoisotopic (exact) mass is 371 g/mol. The van der Waals surface area contributed by atoms with E-state index in [1.165, 1.54) is 24.3 Å². The van der Waals surface area contributed by atoms with Gasteiger partial charge in [-0.2, -0.15) is 0 Å². The average molecular weight is 371 g/mol. The maximum Gasteiger partial charge on any atom is 0.266 e. The number of benzene rings is 2. The largest absolute Gasteiger partial charge is 0.478 e. The summed E-state index contributed by atoms with van der Waals surface area (Å²) in [5, 5.41) is 0. The zero-order valence-electron chi connectivity index (χ0n) is 15.4. The molecule has 5 nitrogen and oxygen atoms in total. The Morgan fingerprint density at radius 1 is 0.963 bits per heavy atom. The summed E-state index contributed by atoms with van der Waals surface area (Å²) in [7, 11) is 0. The second-order valence-electron chi connectivity index (χ2n) is 6.88. The van der Waals surface area contributed by atoms with Crippen LogP contribution in [0.3, 0.4) is 0 Å². The molecule has 6 heteroatoms. The number of ether oxygens (including phenoxy) is 2. The van der Waals surface area contributed by atoms with E-state index in [1.54, 1.807) is 43.0 Å². The first-order valence-electron chi connectivity index (χ1n) is 8.83. The van der Waals surface area contributed by atoms with Crippen molar-refractivity contribution in [3.8, 4) is 5.75 Å². The van der Waals surface area contributed by atoms with E-state index in [0.717, 1.165) is 0 Å². The van der Waals surface area contributed by atoms with E-state index in [9.17, 15) is 14.0 Å². The summed E-state index contributed by atoms with van der Waals surface area (Å²) >= 11 is 0. The normalized spacial score (nSPS) is 14.7. The van der Waals surface area contributed by atoms with Crippen molar-refractivity contribution in [2.45, 2.75) is 19.4 Å². The lowest BCUT2D eigenvalue weighted by atomic mass is 10.0. The third-order valence-corrected chi connectivity index (χ3v) is 4.41. The van der Waals surface area contributed by atoms with Gasteiger partial charge in [-0.15, -0.1) is 0 Å². The summed E-state index contributed by atoms with van der Waals surface area (Å²) in [6, 6.07) is 12.0. The Morgan fingerprint density at radius 3 is 2.04 bits per heavy atom. The van der Waals surface area contributed by atoms with Gasteiger partial charge in [-0.05, 0) is 62.4 Å². The summed E-state index contributed by atoms with van der Waals surface area (Å²) in [5.41, 5.74) is -0.154. The number of amides is 1. The number of rotatable bonds is 5. The van der Waals surface area contributed by atoms with Gasteiger partial charge in [0.05, 0.1) is 13.2 Å². The lowest BCUT2D eigenvalue weighted by Crippen LogP contribution is -2.52. The molecular weight excluding hydrogens is 349 g/mol.